The molecule has 1 aliphatic rings. The number of hydrogen-bond donors (Lipinski definition) is 2. The maximum Gasteiger partial charge on any atom is 0.174 e. The Morgan fingerprint density at radius 3 is 3.13 bits per heavy atom. The maximum absolute atomic E-state index is 4.22. The molecular formula is C10H11N5. The van der Waals surface area contributed by atoms with Gasteiger partial charge in [0.2, 0.25) is 0 Å². The Morgan fingerprint density at radius 2 is 2.27 bits per heavy atom. The predicted octanol–water partition coefficient (Wildman–Crippen LogP) is 1.23. The first kappa shape index (κ1) is 8.28. The molecule has 1 aliphatic heterocycles. The molecule has 0 fully saturated rings. The SMILES string of the molecule is C1=NCCN1Nc1n[nH]c2ccccc12. The van der Waals surface area contributed by atoms with E-state index in [2.05, 4.69) is 20.6 Å². The summed E-state index contributed by atoms with van der Waals surface area (Å²) in [4.78, 5) is 4.13. The van der Waals surface area contributed by atoms with Crippen LogP contribution in [0.4, 0.5) is 5.82 Å². The minimum Gasteiger partial charge on any atom is -0.279 e. The van der Waals surface area contributed by atoms with Crippen LogP contribution in [0.15, 0.2) is 29.3 Å². The second-order valence-electron chi connectivity index (χ2n) is 3.44. The second kappa shape index (κ2) is 3.27. The van der Waals surface area contributed by atoms with Crippen LogP contribution < -0.4 is 5.43 Å². The number of fused-ring (bicyclic) bond motifs is 1. The molecule has 0 unspecified atom stereocenters. The number of aromatic nitrogens is 2. The summed E-state index contributed by atoms with van der Waals surface area (Å²) in [5, 5.41) is 10.2. The van der Waals surface area contributed by atoms with Crippen molar-refractivity contribution in [1.82, 2.24) is 15.2 Å². The van der Waals surface area contributed by atoms with Crippen LogP contribution in [-0.4, -0.2) is 34.6 Å². The molecule has 5 heteroatoms. The fourth-order valence-corrected chi connectivity index (χ4v) is 1.65. The largest absolute Gasteiger partial charge is 0.279 e. The van der Waals surface area contributed by atoms with Crippen LogP contribution in [0.2, 0.25) is 0 Å². The van der Waals surface area contributed by atoms with Gasteiger partial charge < -0.3 is 0 Å². The molecule has 2 aromatic rings. The Balaban J connectivity index is 1.93. The van der Waals surface area contributed by atoms with E-state index in [0.29, 0.717) is 0 Å². The van der Waals surface area contributed by atoms with Crippen molar-refractivity contribution in [2.45, 2.75) is 0 Å². The molecule has 0 saturated carbocycles. The van der Waals surface area contributed by atoms with Crippen molar-refractivity contribution in [3.05, 3.63) is 24.3 Å². The van der Waals surface area contributed by atoms with E-state index in [-0.39, 0.29) is 0 Å². The minimum absolute atomic E-state index is 0.843. The Morgan fingerprint density at radius 1 is 1.33 bits per heavy atom. The van der Waals surface area contributed by atoms with Gasteiger partial charge in [0.15, 0.2) is 5.82 Å². The van der Waals surface area contributed by atoms with Crippen LogP contribution in [0.5, 0.6) is 0 Å². The summed E-state index contributed by atoms with van der Waals surface area (Å²) in [5.41, 5.74) is 4.24. The second-order valence-corrected chi connectivity index (χ2v) is 3.44. The molecular weight excluding hydrogens is 190 g/mol. The van der Waals surface area contributed by atoms with E-state index in [4.69, 9.17) is 0 Å². The number of hydrazine groups is 1. The van der Waals surface area contributed by atoms with Crippen molar-refractivity contribution < 1.29 is 0 Å². The lowest BCUT2D eigenvalue weighted by atomic mass is 10.2. The van der Waals surface area contributed by atoms with Crippen LogP contribution in [-0.2, 0) is 0 Å². The van der Waals surface area contributed by atoms with Gasteiger partial charge in [0.05, 0.1) is 18.6 Å². The quantitative estimate of drug-likeness (QED) is 0.768. The number of H-pyrrole nitrogens is 1. The molecule has 0 aliphatic carbocycles. The highest BCUT2D eigenvalue weighted by molar-refractivity contribution is 5.89. The first-order valence-electron chi connectivity index (χ1n) is 4.90. The van der Waals surface area contributed by atoms with Crippen LogP contribution in [0, 0.1) is 0 Å². The Bertz CT molecular complexity index is 501. The van der Waals surface area contributed by atoms with Crippen molar-refractivity contribution in [2.75, 3.05) is 18.5 Å². The van der Waals surface area contributed by atoms with Crippen LogP contribution in [0.1, 0.15) is 0 Å². The van der Waals surface area contributed by atoms with Gasteiger partial charge in [-0.3, -0.25) is 20.5 Å². The molecule has 3 rings (SSSR count). The Labute approximate surface area is 86.8 Å². The summed E-state index contributed by atoms with van der Waals surface area (Å²) < 4.78 is 0. The number of rotatable bonds is 2. The standard InChI is InChI=1S/C10H11N5/c1-2-4-9-8(3-1)10(13-12-9)14-15-6-5-11-7-15/h1-4,7H,5-6H2,(H2,12,13,14). The molecule has 1 aromatic heterocycles. The molecule has 2 heterocycles. The molecule has 0 radical (unpaired) electrons. The van der Waals surface area contributed by atoms with Crippen molar-refractivity contribution >= 4 is 23.1 Å². The van der Waals surface area contributed by atoms with Gasteiger partial charge in [-0.25, -0.2) is 0 Å². The number of nitrogens with one attached hydrogen (secondary N) is 2. The normalized spacial score (nSPS) is 15.1. The summed E-state index contributed by atoms with van der Waals surface area (Å²) in [7, 11) is 0. The minimum atomic E-state index is 0.843. The zero-order valence-electron chi connectivity index (χ0n) is 8.14. The molecule has 0 atom stereocenters. The molecule has 0 amide bonds. The summed E-state index contributed by atoms with van der Waals surface area (Å²) in [6.07, 6.45) is 1.80. The molecule has 0 spiro atoms. The number of hydrogen-bond acceptors (Lipinski definition) is 4. The first-order valence-corrected chi connectivity index (χ1v) is 4.90. The van der Waals surface area contributed by atoms with E-state index >= 15 is 0 Å². The summed E-state index contributed by atoms with van der Waals surface area (Å²) in [6.45, 7) is 1.73. The number of anilines is 1. The molecule has 76 valence electrons. The number of aromatic amines is 1. The van der Waals surface area contributed by atoms with E-state index in [9.17, 15) is 0 Å². The van der Waals surface area contributed by atoms with E-state index in [0.717, 1.165) is 29.8 Å². The average molecular weight is 201 g/mol. The van der Waals surface area contributed by atoms with E-state index < -0.39 is 0 Å². The topological polar surface area (TPSA) is 56.3 Å². The highest BCUT2D eigenvalue weighted by Gasteiger charge is 2.09. The summed E-state index contributed by atoms with van der Waals surface area (Å²) >= 11 is 0. The third kappa shape index (κ3) is 1.41. The third-order valence-corrected chi connectivity index (χ3v) is 2.41. The molecule has 0 bridgehead atoms. The lowest BCUT2D eigenvalue weighted by Crippen LogP contribution is -2.26. The zero-order chi connectivity index (χ0) is 10.1. The van der Waals surface area contributed by atoms with Gasteiger partial charge in [0.25, 0.3) is 0 Å². The smallest absolute Gasteiger partial charge is 0.174 e. The number of benzene rings is 1. The van der Waals surface area contributed by atoms with Gasteiger partial charge in [-0.1, -0.05) is 12.1 Å². The third-order valence-electron chi connectivity index (χ3n) is 2.41. The van der Waals surface area contributed by atoms with Crippen molar-refractivity contribution in [2.24, 2.45) is 4.99 Å². The molecule has 1 aromatic carbocycles. The van der Waals surface area contributed by atoms with Gasteiger partial charge in [-0.2, -0.15) is 5.10 Å². The molecule has 2 N–H and O–H groups in total. The van der Waals surface area contributed by atoms with Gasteiger partial charge in [0, 0.05) is 5.39 Å². The van der Waals surface area contributed by atoms with E-state index in [1.165, 1.54) is 0 Å². The van der Waals surface area contributed by atoms with Crippen LogP contribution >= 0.6 is 0 Å². The number of nitrogens with zero attached hydrogens (tertiary/aromatic N) is 3. The van der Waals surface area contributed by atoms with Gasteiger partial charge in [-0.05, 0) is 12.1 Å². The Kier molecular flexibility index (Phi) is 1.81. The molecule has 15 heavy (non-hydrogen) atoms. The highest BCUT2D eigenvalue weighted by atomic mass is 15.5. The van der Waals surface area contributed by atoms with Crippen molar-refractivity contribution in [3.8, 4) is 0 Å². The summed E-state index contributed by atoms with van der Waals surface area (Å²) in [6, 6.07) is 8.03. The lowest BCUT2D eigenvalue weighted by molar-refractivity contribution is 0.554. The van der Waals surface area contributed by atoms with E-state index in [1.807, 2.05) is 29.3 Å². The number of aliphatic imine (C=N–C) groups is 1. The van der Waals surface area contributed by atoms with Gasteiger partial charge >= 0.3 is 0 Å². The summed E-state index contributed by atoms with van der Waals surface area (Å²) in [5.74, 6) is 0.846. The predicted molar refractivity (Wildman–Crippen MR) is 59.8 cm³/mol. The van der Waals surface area contributed by atoms with Crippen molar-refractivity contribution in [3.63, 3.8) is 0 Å². The number of para-hydroxylation sites is 1. The van der Waals surface area contributed by atoms with Gasteiger partial charge in [-0.15, -0.1) is 0 Å². The monoisotopic (exact) mass is 201 g/mol. The molecule has 5 nitrogen and oxygen atoms in total. The lowest BCUT2D eigenvalue weighted by Gasteiger charge is -2.14. The highest BCUT2D eigenvalue weighted by Crippen LogP contribution is 2.19. The average Bonchev–Trinajstić information content (AvgIpc) is 2.89. The van der Waals surface area contributed by atoms with E-state index in [1.54, 1.807) is 6.34 Å². The first-order chi connectivity index (χ1) is 7.43. The van der Waals surface area contributed by atoms with Crippen LogP contribution in [0.3, 0.4) is 0 Å². The zero-order valence-corrected chi connectivity index (χ0v) is 8.14. The molecule has 0 saturated heterocycles. The van der Waals surface area contributed by atoms with Gasteiger partial charge in [0.1, 0.15) is 6.34 Å². The maximum atomic E-state index is 4.22. The van der Waals surface area contributed by atoms with Crippen molar-refractivity contribution in [1.29, 1.82) is 0 Å². The van der Waals surface area contributed by atoms with Crippen LogP contribution in [0.25, 0.3) is 10.9 Å². The Hall–Kier alpha value is -2.04. The fraction of sp³-hybridized carbons (Fsp3) is 0.200. The fourth-order valence-electron chi connectivity index (χ4n) is 1.65.